The maximum Gasteiger partial charge on any atom is 0.410 e. The van der Waals surface area contributed by atoms with E-state index in [9.17, 15) is 14.7 Å². The normalized spacial score (nSPS) is 21.2. The first-order valence-corrected chi connectivity index (χ1v) is 12.2. The summed E-state index contributed by atoms with van der Waals surface area (Å²) < 4.78 is 11.3. The van der Waals surface area contributed by atoms with E-state index in [4.69, 9.17) is 9.47 Å². The van der Waals surface area contributed by atoms with Crippen molar-refractivity contribution in [2.24, 2.45) is 0 Å². The lowest BCUT2D eigenvalue weighted by Gasteiger charge is -2.36. The Labute approximate surface area is 191 Å². The van der Waals surface area contributed by atoms with Gasteiger partial charge in [-0.05, 0) is 77.0 Å². The number of hydrogen-bond acceptors (Lipinski definition) is 7. The van der Waals surface area contributed by atoms with Crippen LogP contribution in [0.25, 0.3) is 0 Å². The molecule has 1 saturated carbocycles. The van der Waals surface area contributed by atoms with Crippen LogP contribution < -0.4 is 0 Å². The minimum Gasteiger partial charge on any atom is -0.460 e. The number of amides is 1. The molecule has 6 nitrogen and oxygen atoms in total. The summed E-state index contributed by atoms with van der Waals surface area (Å²) in [6.07, 6.45) is 2.06. The molecule has 0 spiro atoms. The van der Waals surface area contributed by atoms with Crippen LogP contribution in [0.15, 0.2) is 29.6 Å². The third kappa shape index (κ3) is 5.48. The van der Waals surface area contributed by atoms with Gasteiger partial charge < -0.3 is 19.5 Å². The number of rotatable bonds is 5. The van der Waals surface area contributed by atoms with Gasteiger partial charge in [0.05, 0.1) is 9.75 Å². The summed E-state index contributed by atoms with van der Waals surface area (Å²) in [6, 6.07) is 7.29. The number of esters is 1. The van der Waals surface area contributed by atoms with Crippen LogP contribution in [-0.4, -0.2) is 46.9 Å². The molecule has 1 N–H and O–H groups in total. The lowest BCUT2D eigenvalue weighted by atomic mass is 9.91. The van der Waals surface area contributed by atoms with E-state index >= 15 is 0 Å². The van der Waals surface area contributed by atoms with Crippen molar-refractivity contribution < 1.29 is 24.2 Å². The van der Waals surface area contributed by atoms with Crippen LogP contribution in [0.1, 0.15) is 61.1 Å². The molecule has 1 atom stereocenters. The molecule has 0 aliphatic heterocycles. The topological polar surface area (TPSA) is 76.1 Å². The van der Waals surface area contributed by atoms with E-state index in [0.29, 0.717) is 35.4 Å². The van der Waals surface area contributed by atoms with Crippen molar-refractivity contribution in [3.8, 4) is 0 Å². The number of carbonyl (C=O) groups excluding carboxylic acids is 2. The Morgan fingerprint density at radius 3 is 2.29 bits per heavy atom. The number of thiophene rings is 2. The molecule has 2 aromatic heterocycles. The Kier molecular flexibility index (Phi) is 7.13. The highest BCUT2D eigenvalue weighted by atomic mass is 32.1. The molecule has 8 heteroatoms. The molecule has 3 rings (SSSR count). The zero-order valence-corrected chi connectivity index (χ0v) is 20.3. The van der Waals surface area contributed by atoms with E-state index in [1.807, 2.05) is 45.2 Å². The number of hydrogen-bond donors (Lipinski definition) is 1. The zero-order chi connectivity index (χ0) is 22.8. The first-order valence-electron chi connectivity index (χ1n) is 10.5. The molecule has 0 bridgehead atoms. The summed E-state index contributed by atoms with van der Waals surface area (Å²) >= 11 is 2.73. The van der Waals surface area contributed by atoms with Gasteiger partial charge in [0.2, 0.25) is 5.60 Å². The summed E-state index contributed by atoms with van der Waals surface area (Å²) in [4.78, 5) is 29.3. The molecule has 0 unspecified atom stereocenters. The van der Waals surface area contributed by atoms with Crippen molar-refractivity contribution in [2.75, 3.05) is 7.05 Å². The minimum atomic E-state index is -1.79. The molecule has 170 valence electrons. The Morgan fingerprint density at radius 2 is 1.77 bits per heavy atom. The van der Waals surface area contributed by atoms with Gasteiger partial charge >= 0.3 is 12.1 Å². The van der Waals surface area contributed by atoms with E-state index in [1.54, 1.807) is 24.1 Å². The van der Waals surface area contributed by atoms with Crippen LogP contribution in [0.2, 0.25) is 0 Å². The zero-order valence-electron chi connectivity index (χ0n) is 18.7. The fourth-order valence-electron chi connectivity index (χ4n) is 3.71. The smallest absolute Gasteiger partial charge is 0.410 e. The van der Waals surface area contributed by atoms with Crippen LogP contribution in [0.4, 0.5) is 4.79 Å². The van der Waals surface area contributed by atoms with Crippen molar-refractivity contribution in [3.63, 3.8) is 0 Å². The van der Waals surface area contributed by atoms with E-state index in [1.165, 1.54) is 22.7 Å². The molecule has 0 radical (unpaired) electrons. The second kappa shape index (κ2) is 9.30. The highest BCUT2D eigenvalue weighted by molar-refractivity contribution is 7.13. The molecule has 1 aliphatic carbocycles. The van der Waals surface area contributed by atoms with E-state index in [2.05, 4.69) is 0 Å². The lowest BCUT2D eigenvalue weighted by molar-refractivity contribution is -0.169. The predicted octanol–water partition coefficient (Wildman–Crippen LogP) is 5.08. The lowest BCUT2D eigenvalue weighted by Crippen LogP contribution is -2.44. The fourth-order valence-corrected chi connectivity index (χ4v) is 5.56. The van der Waals surface area contributed by atoms with Crippen molar-refractivity contribution in [2.45, 2.75) is 76.7 Å². The number of ether oxygens (including phenoxy) is 2. The monoisotopic (exact) mass is 465 g/mol. The van der Waals surface area contributed by atoms with Crippen LogP contribution in [0.5, 0.6) is 0 Å². The highest BCUT2D eigenvalue weighted by Gasteiger charge is 2.45. The van der Waals surface area contributed by atoms with Gasteiger partial charge in [-0.3, -0.25) is 0 Å². The van der Waals surface area contributed by atoms with Crippen molar-refractivity contribution in [1.82, 2.24) is 4.90 Å². The van der Waals surface area contributed by atoms with Crippen molar-refractivity contribution >= 4 is 34.7 Å². The Balaban J connectivity index is 1.64. The largest absolute Gasteiger partial charge is 0.460 e. The molecule has 31 heavy (non-hydrogen) atoms. The van der Waals surface area contributed by atoms with E-state index < -0.39 is 17.2 Å². The molecule has 1 aliphatic rings. The Bertz CT molecular complexity index is 893. The van der Waals surface area contributed by atoms with Gasteiger partial charge in [0.15, 0.2) is 0 Å². The summed E-state index contributed by atoms with van der Waals surface area (Å²) in [6.45, 7) is 7.48. The maximum absolute atomic E-state index is 13.2. The quantitative estimate of drug-likeness (QED) is 0.624. The van der Waals surface area contributed by atoms with E-state index in [-0.39, 0.29) is 18.2 Å². The van der Waals surface area contributed by atoms with Gasteiger partial charge in [0, 0.05) is 18.0 Å². The molecule has 0 aromatic carbocycles. The Hall–Kier alpha value is -1.90. The molecular weight excluding hydrogens is 434 g/mol. The summed E-state index contributed by atoms with van der Waals surface area (Å²) in [7, 11) is 1.75. The molecule has 1 amide bonds. The fraction of sp³-hybridized carbons (Fsp3) is 0.565. The average molecular weight is 466 g/mol. The van der Waals surface area contributed by atoms with Gasteiger partial charge in [-0.1, -0.05) is 6.07 Å². The molecule has 2 aromatic rings. The van der Waals surface area contributed by atoms with Gasteiger partial charge in [0.1, 0.15) is 11.7 Å². The Morgan fingerprint density at radius 1 is 1.10 bits per heavy atom. The van der Waals surface area contributed by atoms with Crippen molar-refractivity contribution in [1.29, 1.82) is 0 Å². The number of nitrogens with zero attached hydrogens (tertiary/aromatic N) is 1. The SMILES string of the molecule is Cc1ccc([C@@](O)(C(=O)OC2CCC(N(C)C(=O)OC(C)(C)C)CC2)c2cccs2)s1. The molecule has 2 heterocycles. The van der Waals surface area contributed by atoms with Crippen LogP contribution in [0, 0.1) is 6.92 Å². The molecule has 0 saturated heterocycles. The number of aliphatic hydroxyl groups is 1. The standard InChI is InChI=1S/C23H31NO5S2/c1-15-8-13-19(31-15)23(27,18-7-6-14-30-18)20(25)28-17-11-9-16(10-12-17)24(5)21(26)29-22(2,3)4/h6-8,13-14,16-17,27H,9-12H2,1-5H3/t16?,17?,23-/m1/s1. The number of aryl methyl sites for hydroxylation is 1. The molecular formula is C23H31NO5S2. The van der Waals surface area contributed by atoms with E-state index in [0.717, 1.165) is 4.88 Å². The third-order valence-corrected chi connectivity index (χ3v) is 7.50. The third-order valence-electron chi connectivity index (χ3n) is 5.42. The van der Waals surface area contributed by atoms with Gasteiger partial charge in [-0.15, -0.1) is 22.7 Å². The van der Waals surface area contributed by atoms with Gasteiger partial charge in [0.25, 0.3) is 0 Å². The van der Waals surface area contributed by atoms with Gasteiger partial charge in [-0.25, -0.2) is 9.59 Å². The maximum atomic E-state index is 13.2. The second-order valence-corrected chi connectivity index (χ2v) is 11.3. The van der Waals surface area contributed by atoms with Crippen molar-refractivity contribution in [3.05, 3.63) is 44.3 Å². The number of carbonyl (C=O) groups is 2. The average Bonchev–Trinajstić information content (AvgIpc) is 3.38. The summed E-state index contributed by atoms with van der Waals surface area (Å²) in [5.74, 6) is -0.638. The minimum absolute atomic E-state index is 0.0425. The van der Waals surface area contributed by atoms with Crippen LogP contribution in [0.3, 0.4) is 0 Å². The van der Waals surface area contributed by atoms with Gasteiger partial charge in [-0.2, -0.15) is 0 Å². The van der Waals surface area contributed by atoms with Crippen LogP contribution in [-0.2, 0) is 19.9 Å². The summed E-state index contributed by atoms with van der Waals surface area (Å²) in [5.41, 5.74) is -2.33. The first kappa shape index (κ1) is 23.8. The predicted molar refractivity (Wildman–Crippen MR) is 123 cm³/mol. The highest BCUT2D eigenvalue weighted by Crippen LogP contribution is 2.39. The first-order chi connectivity index (χ1) is 14.5. The second-order valence-electron chi connectivity index (χ2n) is 9.03. The summed E-state index contributed by atoms with van der Waals surface area (Å²) in [5, 5.41) is 13.3. The molecule has 1 fully saturated rings. The van der Waals surface area contributed by atoms with Crippen LogP contribution >= 0.6 is 22.7 Å².